The number of hydrogen-bond acceptors (Lipinski definition) is 7. The normalized spacial score (nSPS) is 15.8. The fourth-order valence-corrected chi connectivity index (χ4v) is 7.17. The molecule has 0 saturated heterocycles. The highest BCUT2D eigenvalue weighted by Gasteiger charge is 2.32. The second kappa shape index (κ2) is 11.4. The average Bonchev–Trinajstić information content (AvgIpc) is 3.78. The van der Waals surface area contributed by atoms with Crippen LogP contribution in [0.5, 0.6) is 5.75 Å². The van der Waals surface area contributed by atoms with Gasteiger partial charge in [0.15, 0.2) is 0 Å². The molecule has 0 spiro atoms. The molecule has 240 valence electrons. The molecule has 2 aliphatic rings. The van der Waals surface area contributed by atoms with E-state index in [9.17, 15) is 19.1 Å². The lowest BCUT2D eigenvalue weighted by Crippen LogP contribution is -2.40. The summed E-state index contributed by atoms with van der Waals surface area (Å²) in [6, 6.07) is 10.9. The molecule has 9 nitrogen and oxygen atoms in total. The van der Waals surface area contributed by atoms with Gasteiger partial charge in [-0.2, -0.15) is 5.10 Å². The first kappa shape index (κ1) is 30.7. The van der Waals surface area contributed by atoms with Gasteiger partial charge in [0.2, 0.25) is 5.91 Å². The van der Waals surface area contributed by atoms with Gasteiger partial charge >= 0.3 is 0 Å². The van der Waals surface area contributed by atoms with Crippen molar-refractivity contribution in [3.05, 3.63) is 89.0 Å². The number of rotatable bonds is 7. The summed E-state index contributed by atoms with van der Waals surface area (Å²) in [5.74, 6) is -2.16. The number of nitrogens with one attached hydrogen (secondary N) is 1. The number of carbonyl (C=O) groups is 2. The zero-order valence-electron chi connectivity index (χ0n) is 25.9. The molecule has 7 rings (SSSR count). The number of amides is 2. The smallest absolute Gasteiger partial charge is 0.251 e. The summed E-state index contributed by atoms with van der Waals surface area (Å²) in [4.78, 5) is 32.0. The van der Waals surface area contributed by atoms with E-state index >= 15 is 4.39 Å². The molecule has 12 heteroatoms. The van der Waals surface area contributed by atoms with Crippen LogP contribution in [0, 0.1) is 11.6 Å². The van der Waals surface area contributed by atoms with Crippen LogP contribution in [0.2, 0.25) is 0 Å². The van der Waals surface area contributed by atoms with E-state index in [-0.39, 0.29) is 35.8 Å². The van der Waals surface area contributed by atoms with Gasteiger partial charge in [0, 0.05) is 52.0 Å². The number of nitrogens with zero attached hydrogens (tertiary/aromatic N) is 4. The Hall–Kier alpha value is -4.94. The van der Waals surface area contributed by atoms with Crippen molar-refractivity contribution >= 4 is 33.2 Å². The summed E-state index contributed by atoms with van der Waals surface area (Å²) in [6.45, 7) is 9.67. The third kappa shape index (κ3) is 5.36. The molecule has 5 heterocycles. The highest BCUT2D eigenvalue weighted by Crippen LogP contribution is 2.47. The molecule has 0 saturated carbocycles. The van der Waals surface area contributed by atoms with Gasteiger partial charge in [0.1, 0.15) is 35.4 Å². The lowest BCUT2D eigenvalue weighted by molar-refractivity contribution is -0.129. The first-order valence-corrected chi connectivity index (χ1v) is 16.0. The van der Waals surface area contributed by atoms with E-state index < -0.39 is 17.2 Å². The van der Waals surface area contributed by atoms with Crippen molar-refractivity contribution in [3.8, 4) is 39.5 Å². The van der Waals surface area contributed by atoms with Gasteiger partial charge < -0.3 is 20.1 Å². The summed E-state index contributed by atoms with van der Waals surface area (Å²) >= 11 is 1.36. The third-order valence-electron chi connectivity index (χ3n) is 8.48. The lowest BCUT2D eigenvalue weighted by Gasteiger charge is -2.33. The van der Waals surface area contributed by atoms with Crippen LogP contribution in [0.1, 0.15) is 48.4 Å². The molecule has 0 aliphatic carbocycles. The van der Waals surface area contributed by atoms with Gasteiger partial charge in [0.05, 0.1) is 35.1 Å². The maximum absolute atomic E-state index is 16.1. The molecule has 1 unspecified atom stereocenters. The Labute approximate surface area is 273 Å². The van der Waals surface area contributed by atoms with Gasteiger partial charge in [-0.05, 0) is 56.0 Å². The summed E-state index contributed by atoms with van der Waals surface area (Å²) in [7, 11) is 0. The van der Waals surface area contributed by atoms with Crippen molar-refractivity contribution in [1.82, 2.24) is 25.0 Å². The zero-order chi connectivity index (χ0) is 33.2. The van der Waals surface area contributed by atoms with Crippen molar-refractivity contribution in [2.45, 2.75) is 45.5 Å². The van der Waals surface area contributed by atoms with Gasteiger partial charge in [-0.1, -0.05) is 18.7 Å². The van der Waals surface area contributed by atoms with Gasteiger partial charge in [-0.15, -0.1) is 11.3 Å². The van der Waals surface area contributed by atoms with Crippen LogP contribution in [0.15, 0.2) is 60.5 Å². The number of fused-ring (bicyclic) bond motifs is 3. The fraction of sp³-hybridized carbons (Fsp3) is 0.257. The molecule has 2 aromatic carbocycles. The number of halogens is 2. The second-order valence-corrected chi connectivity index (χ2v) is 13.3. The Bertz CT molecular complexity index is 2120. The molecule has 1 atom stereocenters. The van der Waals surface area contributed by atoms with E-state index in [0.717, 1.165) is 23.4 Å². The fourth-order valence-electron chi connectivity index (χ4n) is 6.22. The maximum Gasteiger partial charge on any atom is 0.251 e. The number of pyridine rings is 1. The van der Waals surface area contributed by atoms with Crippen LogP contribution in [0.3, 0.4) is 0 Å². The van der Waals surface area contributed by atoms with Crippen molar-refractivity contribution in [2.75, 3.05) is 13.2 Å². The highest BCUT2D eigenvalue weighted by molar-refractivity contribution is 7.18. The molecule has 0 radical (unpaired) electrons. The molecule has 2 N–H and O–H groups in total. The monoisotopic (exact) mass is 655 g/mol. The quantitative estimate of drug-likeness (QED) is 0.201. The van der Waals surface area contributed by atoms with Crippen LogP contribution in [-0.2, 0) is 17.9 Å². The molecule has 3 aromatic heterocycles. The maximum atomic E-state index is 16.1. The summed E-state index contributed by atoms with van der Waals surface area (Å²) in [5, 5.41) is 20.7. The number of carbonyl (C=O) groups excluding carboxylic acids is 2. The minimum atomic E-state index is -1.28. The SMILES string of the molecule is C=CC(=O)N1CCn2nc(-c3nc(-c4ccc5c(c4)C(=O)NC5)c4ccsc4c3-c3c(F)cc(F)cc3OCC(C)(C)O)cc2C1C. The standard InChI is InChI=1S/C35H31F2N5O4S/c1-5-28(43)41-9-10-42-26(18(41)2)15-25(40-42)32-30(29-24(37)13-21(36)14-27(29)46-17-35(3,4)45)33-22(8-11-47-33)31(39-32)19-6-7-20-16-38-34(44)23(20)12-19/h5-8,11-15,18,45H,1,9-10,16-17H2,2-4H3,(H,38,44). The van der Waals surface area contributed by atoms with Crippen LogP contribution < -0.4 is 10.1 Å². The Kier molecular flexibility index (Phi) is 7.44. The van der Waals surface area contributed by atoms with Crippen molar-refractivity contribution < 1.29 is 28.2 Å². The first-order chi connectivity index (χ1) is 22.4. The van der Waals surface area contributed by atoms with Crippen molar-refractivity contribution in [3.63, 3.8) is 0 Å². The Morgan fingerprint density at radius 2 is 1.98 bits per heavy atom. The Balaban J connectivity index is 1.50. The van der Waals surface area contributed by atoms with E-state index in [4.69, 9.17) is 14.8 Å². The predicted molar refractivity (Wildman–Crippen MR) is 175 cm³/mol. The Morgan fingerprint density at radius 3 is 2.74 bits per heavy atom. The van der Waals surface area contributed by atoms with Crippen molar-refractivity contribution in [1.29, 1.82) is 0 Å². The third-order valence-corrected chi connectivity index (χ3v) is 9.42. The lowest BCUT2D eigenvalue weighted by atomic mass is 9.95. The molecule has 0 bridgehead atoms. The number of ether oxygens (including phenoxy) is 1. The first-order valence-electron chi connectivity index (χ1n) is 15.1. The molecule has 0 fully saturated rings. The number of thiophene rings is 1. The van der Waals surface area contributed by atoms with E-state index in [1.165, 1.54) is 31.3 Å². The zero-order valence-corrected chi connectivity index (χ0v) is 26.8. The topological polar surface area (TPSA) is 110 Å². The van der Waals surface area contributed by atoms with E-state index in [1.807, 2.05) is 41.3 Å². The van der Waals surface area contributed by atoms with Crippen LogP contribution in [0.25, 0.3) is 43.9 Å². The molecular formula is C35H31F2N5O4S. The molecule has 2 amide bonds. The average molecular weight is 656 g/mol. The molecule has 47 heavy (non-hydrogen) atoms. The van der Waals surface area contributed by atoms with E-state index in [0.29, 0.717) is 63.5 Å². The second-order valence-electron chi connectivity index (χ2n) is 12.4. The summed E-state index contributed by atoms with van der Waals surface area (Å²) in [6.07, 6.45) is 1.28. The molecule has 2 aliphatic heterocycles. The number of benzene rings is 2. The minimum Gasteiger partial charge on any atom is -0.490 e. The number of aromatic nitrogens is 3. The van der Waals surface area contributed by atoms with Gasteiger partial charge in [-0.3, -0.25) is 14.3 Å². The predicted octanol–water partition coefficient (Wildman–Crippen LogP) is 6.25. The van der Waals surface area contributed by atoms with Crippen LogP contribution >= 0.6 is 11.3 Å². The highest BCUT2D eigenvalue weighted by atomic mass is 32.1. The number of hydrogen-bond donors (Lipinski definition) is 2. The number of aliphatic hydroxyl groups is 1. The summed E-state index contributed by atoms with van der Waals surface area (Å²) in [5.41, 5.74) is 3.23. The van der Waals surface area contributed by atoms with Gasteiger partial charge in [-0.25, -0.2) is 13.8 Å². The van der Waals surface area contributed by atoms with Crippen LogP contribution in [-0.4, -0.2) is 55.3 Å². The van der Waals surface area contributed by atoms with Gasteiger partial charge in [0.25, 0.3) is 5.91 Å². The summed E-state index contributed by atoms with van der Waals surface area (Å²) < 4.78 is 39.1. The Morgan fingerprint density at radius 1 is 1.17 bits per heavy atom. The van der Waals surface area contributed by atoms with E-state index in [1.54, 1.807) is 11.0 Å². The largest absolute Gasteiger partial charge is 0.490 e. The minimum absolute atomic E-state index is 0.0204. The van der Waals surface area contributed by atoms with Crippen LogP contribution in [0.4, 0.5) is 8.78 Å². The molecule has 5 aromatic rings. The van der Waals surface area contributed by atoms with Crippen molar-refractivity contribution in [2.24, 2.45) is 0 Å². The molecular weight excluding hydrogens is 624 g/mol. The van der Waals surface area contributed by atoms with E-state index in [2.05, 4.69) is 11.9 Å².